The first kappa shape index (κ1) is 14.4. The Labute approximate surface area is 111 Å². The first-order chi connectivity index (χ1) is 7.90. The highest BCUT2D eigenvalue weighted by Gasteiger charge is 2.06. The van der Waals surface area contributed by atoms with Crippen LogP contribution in [0, 0.1) is 5.82 Å². The van der Waals surface area contributed by atoms with Gasteiger partial charge in [0.25, 0.3) is 0 Å². The van der Waals surface area contributed by atoms with Gasteiger partial charge in [-0.1, -0.05) is 24.3 Å². The summed E-state index contributed by atoms with van der Waals surface area (Å²) in [6, 6.07) is 5.31. The van der Waals surface area contributed by atoms with Crippen LogP contribution in [-0.2, 0) is 0 Å². The molecule has 0 saturated heterocycles. The van der Waals surface area contributed by atoms with Crippen molar-refractivity contribution in [3.8, 4) is 0 Å². The van der Waals surface area contributed by atoms with Crippen LogP contribution in [0.5, 0.6) is 0 Å². The summed E-state index contributed by atoms with van der Waals surface area (Å²) in [4.78, 5) is 0. The number of hydrogen-bond donors (Lipinski definition) is 1. The Morgan fingerprint density at radius 2 is 2.06 bits per heavy atom. The lowest BCUT2D eigenvalue weighted by molar-refractivity contribution is 0.431. The molecule has 0 aromatic heterocycles. The molecule has 0 spiro atoms. The molecule has 0 unspecified atom stereocenters. The maximum atomic E-state index is 13.6. The highest BCUT2D eigenvalue weighted by molar-refractivity contribution is 9.10. The van der Waals surface area contributed by atoms with Gasteiger partial charge >= 0.3 is 0 Å². The number of benzene rings is 1. The summed E-state index contributed by atoms with van der Waals surface area (Å²) in [6.07, 6.45) is 4.71. The molecular weight excluding hydrogens is 281 g/mol. The highest BCUT2D eigenvalue weighted by Crippen LogP contribution is 2.19. The lowest BCUT2D eigenvalue weighted by Gasteiger charge is -2.19. The molecule has 0 atom stereocenters. The van der Waals surface area contributed by atoms with Crippen molar-refractivity contribution >= 4 is 22.0 Å². The minimum atomic E-state index is -0.201. The van der Waals surface area contributed by atoms with Crippen LogP contribution in [0.25, 0.3) is 6.08 Å². The number of halogens is 2. The molecular formula is C14H19BrFN. The predicted molar refractivity (Wildman–Crippen MR) is 75.5 cm³/mol. The Morgan fingerprint density at radius 1 is 1.35 bits per heavy atom. The normalized spacial score (nSPS) is 12.3. The van der Waals surface area contributed by atoms with Crippen molar-refractivity contribution in [2.24, 2.45) is 0 Å². The zero-order valence-electron chi connectivity index (χ0n) is 10.6. The van der Waals surface area contributed by atoms with Crippen LogP contribution in [0.3, 0.4) is 0 Å². The molecule has 1 aromatic rings. The van der Waals surface area contributed by atoms with Gasteiger partial charge in [-0.15, -0.1) is 0 Å². The van der Waals surface area contributed by atoms with Crippen LogP contribution in [-0.4, -0.2) is 12.1 Å². The molecule has 1 aromatic carbocycles. The van der Waals surface area contributed by atoms with E-state index in [0.717, 1.165) is 13.0 Å². The van der Waals surface area contributed by atoms with Crippen molar-refractivity contribution in [3.63, 3.8) is 0 Å². The van der Waals surface area contributed by atoms with Crippen LogP contribution in [0.1, 0.15) is 32.8 Å². The van der Waals surface area contributed by atoms with Crippen LogP contribution >= 0.6 is 15.9 Å². The van der Waals surface area contributed by atoms with E-state index in [1.54, 1.807) is 12.1 Å². The fraction of sp³-hybridized carbons (Fsp3) is 0.429. The van der Waals surface area contributed by atoms with Crippen molar-refractivity contribution in [3.05, 3.63) is 40.1 Å². The van der Waals surface area contributed by atoms with Gasteiger partial charge in [-0.3, -0.25) is 0 Å². The minimum absolute atomic E-state index is 0.134. The van der Waals surface area contributed by atoms with Gasteiger partial charge in [0.2, 0.25) is 0 Å². The largest absolute Gasteiger partial charge is 0.312 e. The summed E-state index contributed by atoms with van der Waals surface area (Å²) in [6.45, 7) is 7.29. The van der Waals surface area contributed by atoms with Gasteiger partial charge in [-0.2, -0.15) is 0 Å². The van der Waals surface area contributed by atoms with Gasteiger partial charge in [0.1, 0.15) is 5.82 Å². The van der Waals surface area contributed by atoms with Gasteiger partial charge in [0, 0.05) is 11.1 Å². The molecule has 0 aliphatic rings. The van der Waals surface area contributed by atoms with Gasteiger partial charge in [-0.05, 0) is 55.7 Å². The van der Waals surface area contributed by atoms with Crippen LogP contribution in [0.2, 0.25) is 0 Å². The summed E-state index contributed by atoms with van der Waals surface area (Å²) in [7, 11) is 0. The molecule has 0 radical (unpaired) electrons. The summed E-state index contributed by atoms with van der Waals surface area (Å²) >= 11 is 3.17. The van der Waals surface area contributed by atoms with Crippen molar-refractivity contribution in [2.75, 3.05) is 6.54 Å². The van der Waals surface area contributed by atoms with Gasteiger partial charge in [0.05, 0.1) is 4.47 Å². The molecule has 0 fully saturated rings. The van der Waals surface area contributed by atoms with E-state index < -0.39 is 0 Å². The lowest BCUT2D eigenvalue weighted by Crippen LogP contribution is -2.36. The smallest absolute Gasteiger partial charge is 0.144 e. The average Bonchev–Trinajstić information content (AvgIpc) is 2.22. The summed E-state index contributed by atoms with van der Waals surface area (Å²) in [5.41, 5.74) is 0.754. The van der Waals surface area contributed by atoms with Crippen molar-refractivity contribution in [1.82, 2.24) is 5.32 Å². The Hall–Kier alpha value is -0.670. The molecule has 0 saturated carbocycles. The number of nitrogens with one attached hydrogen (secondary N) is 1. The first-order valence-electron chi connectivity index (χ1n) is 5.76. The second-order valence-electron chi connectivity index (χ2n) is 5.01. The third-order valence-electron chi connectivity index (χ3n) is 2.25. The molecule has 1 N–H and O–H groups in total. The van der Waals surface area contributed by atoms with Crippen LogP contribution in [0.4, 0.5) is 4.39 Å². The summed E-state index contributed by atoms with van der Waals surface area (Å²) < 4.78 is 14.1. The SMILES string of the molecule is CC(C)(C)NCC/C=C/c1cccc(Br)c1F. The Bertz CT molecular complexity index is 394. The van der Waals surface area contributed by atoms with E-state index in [1.165, 1.54) is 0 Å². The van der Waals surface area contributed by atoms with Crippen molar-refractivity contribution in [2.45, 2.75) is 32.7 Å². The standard InChI is InChI=1S/C14H19BrFN/c1-14(2,3)17-10-5-4-7-11-8-6-9-12(15)13(11)16/h4,6-9,17H,5,10H2,1-3H3/b7-4+. The fourth-order valence-corrected chi connectivity index (χ4v) is 1.77. The van der Waals surface area contributed by atoms with Crippen molar-refractivity contribution < 1.29 is 4.39 Å². The lowest BCUT2D eigenvalue weighted by atomic mass is 10.1. The minimum Gasteiger partial charge on any atom is -0.312 e. The zero-order chi connectivity index (χ0) is 12.9. The van der Waals surface area contributed by atoms with Gasteiger partial charge in [0.15, 0.2) is 0 Å². The maximum absolute atomic E-state index is 13.6. The Kier molecular flexibility index (Phi) is 5.34. The molecule has 0 bridgehead atoms. The van der Waals surface area contributed by atoms with E-state index in [0.29, 0.717) is 10.0 Å². The van der Waals surface area contributed by atoms with E-state index >= 15 is 0 Å². The van der Waals surface area contributed by atoms with Crippen LogP contribution in [0.15, 0.2) is 28.7 Å². The second-order valence-corrected chi connectivity index (χ2v) is 5.87. The maximum Gasteiger partial charge on any atom is 0.144 e. The van der Waals surface area contributed by atoms with Gasteiger partial charge < -0.3 is 5.32 Å². The van der Waals surface area contributed by atoms with Crippen LogP contribution < -0.4 is 5.32 Å². The molecule has 94 valence electrons. The van der Waals surface area contributed by atoms with E-state index in [-0.39, 0.29) is 11.4 Å². The summed E-state index contributed by atoms with van der Waals surface area (Å²) in [5.74, 6) is -0.201. The molecule has 1 nitrogen and oxygen atoms in total. The van der Waals surface area contributed by atoms with E-state index in [2.05, 4.69) is 42.0 Å². The zero-order valence-corrected chi connectivity index (χ0v) is 12.1. The molecule has 17 heavy (non-hydrogen) atoms. The Morgan fingerprint density at radius 3 is 2.71 bits per heavy atom. The van der Waals surface area contributed by atoms with Gasteiger partial charge in [-0.25, -0.2) is 4.39 Å². The Balaban J connectivity index is 2.46. The topological polar surface area (TPSA) is 12.0 Å². The molecule has 3 heteroatoms. The molecule has 1 rings (SSSR count). The first-order valence-corrected chi connectivity index (χ1v) is 6.55. The average molecular weight is 300 g/mol. The van der Waals surface area contributed by atoms with E-state index in [9.17, 15) is 4.39 Å². The fourth-order valence-electron chi connectivity index (χ4n) is 1.39. The molecule has 0 aliphatic heterocycles. The molecule has 0 heterocycles. The third kappa shape index (κ3) is 5.46. The summed E-state index contributed by atoms with van der Waals surface area (Å²) in [5, 5.41) is 3.38. The predicted octanol–water partition coefficient (Wildman–Crippen LogP) is 4.38. The third-order valence-corrected chi connectivity index (χ3v) is 2.86. The highest BCUT2D eigenvalue weighted by atomic mass is 79.9. The quantitative estimate of drug-likeness (QED) is 0.814. The van der Waals surface area contributed by atoms with E-state index in [1.807, 2.05) is 18.2 Å². The second kappa shape index (κ2) is 6.31. The monoisotopic (exact) mass is 299 g/mol. The van der Waals surface area contributed by atoms with E-state index in [4.69, 9.17) is 0 Å². The molecule has 0 aliphatic carbocycles. The number of rotatable bonds is 4. The number of hydrogen-bond acceptors (Lipinski definition) is 1. The molecule has 0 amide bonds. The van der Waals surface area contributed by atoms with Crippen molar-refractivity contribution in [1.29, 1.82) is 0 Å².